The van der Waals surface area contributed by atoms with E-state index in [1.807, 2.05) is 12.1 Å². The Morgan fingerprint density at radius 3 is 2.35 bits per heavy atom. The molecule has 2 amide bonds. The molecule has 0 N–H and O–H groups in total. The van der Waals surface area contributed by atoms with E-state index in [4.69, 9.17) is 18.9 Å². The maximum Gasteiger partial charge on any atom is 0.293 e. The topological polar surface area (TPSA) is 74.3 Å². The second kappa shape index (κ2) is 12.2. The summed E-state index contributed by atoms with van der Waals surface area (Å²) in [5, 5.41) is -0.370. The van der Waals surface area contributed by atoms with Crippen molar-refractivity contribution >= 4 is 44.9 Å². The average Bonchev–Trinajstić information content (AvgIpc) is 3.16. The number of rotatable bonds is 10. The fraction of sp³-hybridized carbons (Fsp3) is 0.185. The number of amides is 2. The van der Waals surface area contributed by atoms with Gasteiger partial charge < -0.3 is 18.9 Å². The molecule has 0 aromatic heterocycles. The van der Waals surface area contributed by atoms with Gasteiger partial charge in [0.15, 0.2) is 23.0 Å². The summed E-state index contributed by atoms with van der Waals surface area (Å²) in [5.41, 5.74) is 1.44. The zero-order valence-electron chi connectivity index (χ0n) is 20.0. The van der Waals surface area contributed by atoms with Crippen molar-refractivity contribution in [1.29, 1.82) is 0 Å². The Bertz CT molecular complexity index is 1330. The average molecular weight is 588 g/mol. The van der Waals surface area contributed by atoms with Crippen LogP contribution in [-0.4, -0.2) is 43.4 Å². The number of benzene rings is 3. The van der Waals surface area contributed by atoms with Crippen LogP contribution >= 0.6 is 27.7 Å². The largest absolute Gasteiger partial charge is 0.493 e. The number of nitrogens with zero attached hydrogens (tertiary/aromatic N) is 1. The monoisotopic (exact) mass is 587 g/mol. The quantitative estimate of drug-likeness (QED) is 0.258. The van der Waals surface area contributed by atoms with Crippen molar-refractivity contribution in [2.45, 2.75) is 6.61 Å². The van der Waals surface area contributed by atoms with Crippen molar-refractivity contribution in [3.05, 3.63) is 87.0 Å². The van der Waals surface area contributed by atoms with E-state index in [1.165, 1.54) is 19.2 Å². The highest BCUT2D eigenvalue weighted by Crippen LogP contribution is 2.39. The van der Waals surface area contributed by atoms with Crippen LogP contribution < -0.4 is 18.9 Å². The summed E-state index contributed by atoms with van der Waals surface area (Å²) < 4.78 is 36.1. The zero-order chi connectivity index (χ0) is 26.4. The van der Waals surface area contributed by atoms with Gasteiger partial charge in [0.2, 0.25) is 0 Å². The fourth-order valence-corrected chi connectivity index (χ4v) is 4.97. The van der Waals surface area contributed by atoms with Crippen LogP contribution in [0.25, 0.3) is 6.08 Å². The van der Waals surface area contributed by atoms with Crippen molar-refractivity contribution in [3.8, 4) is 23.0 Å². The molecule has 4 rings (SSSR count). The molecule has 192 valence electrons. The lowest BCUT2D eigenvalue weighted by molar-refractivity contribution is -0.123. The zero-order valence-corrected chi connectivity index (χ0v) is 22.4. The van der Waals surface area contributed by atoms with Gasteiger partial charge in [0, 0.05) is 0 Å². The van der Waals surface area contributed by atoms with Crippen LogP contribution in [0.1, 0.15) is 11.1 Å². The Kier molecular flexibility index (Phi) is 8.73. The van der Waals surface area contributed by atoms with E-state index in [2.05, 4.69) is 15.9 Å². The Balaban J connectivity index is 1.43. The molecule has 0 spiro atoms. The second-order valence-corrected chi connectivity index (χ2v) is 9.63. The van der Waals surface area contributed by atoms with E-state index in [-0.39, 0.29) is 35.7 Å². The second-order valence-electron chi connectivity index (χ2n) is 7.78. The van der Waals surface area contributed by atoms with Gasteiger partial charge in [0.25, 0.3) is 11.1 Å². The summed E-state index contributed by atoms with van der Waals surface area (Å²) >= 11 is 4.35. The molecule has 0 bridgehead atoms. The molecular formula is C27H23BrFNO6S. The summed E-state index contributed by atoms with van der Waals surface area (Å²) in [6.07, 6.45) is 1.63. The van der Waals surface area contributed by atoms with Crippen LogP contribution in [0.4, 0.5) is 9.18 Å². The van der Waals surface area contributed by atoms with Crippen molar-refractivity contribution in [2.24, 2.45) is 0 Å². The number of thioether (sulfide) groups is 1. The number of hydrogen-bond donors (Lipinski definition) is 0. The molecule has 0 unspecified atom stereocenters. The molecule has 1 aliphatic heterocycles. The van der Waals surface area contributed by atoms with Gasteiger partial charge in [-0.2, -0.15) is 0 Å². The number of carbonyl (C=O) groups excluding carboxylic acids is 2. The first-order valence-electron chi connectivity index (χ1n) is 11.2. The van der Waals surface area contributed by atoms with Crippen LogP contribution in [0.2, 0.25) is 0 Å². The fourth-order valence-electron chi connectivity index (χ4n) is 3.53. The number of hydrogen-bond acceptors (Lipinski definition) is 7. The van der Waals surface area contributed by atoms with Crippen LogP contribution in [0, 0.1) is 5.82 Å². The summed E-state index contributed by atoms with van der Waals surface area (Å²) in [6, 6.07) is 16.6. The van der Waals surface area contributed by atoms with E-state index < -0.39 is 5.91 Å². The van der Waals surface area contributed by atoms with E-state index in [9.17, 15) is 14.0 Å². The number of ether oxygens (including phenoxy) is 4. The third kappa shape index (κ3) is 6.44. The Morgan fingerprint density at radius 1 is 0.946 bits per heavy atom. The van der Waals surface area contributed by atoms with Gasteiger partial charge in [0.05, 0.1) is 30.1 Å². The Hall–Kier alpha value is -3.50. The molecule has 1 fully saturated rings. The summed E-state index contributed by atoms with van der Waals surface area (Å²) in [7, 11) is 3.05. The minimum atomic E-state index is -0.398. The van der Waals surface area contributed by atoms with E-state index >= 15 is 0 Å². The summed E-state index contributed by atoms with van der Waals surface area (Å²) in [6.45, 7) is 0.443. The third-order valence-electron chi connectivity index (χ3n) is 5.36. The minimum absolute atomic E-state index is 0.100. The number of para-hydroxylation sites is 2. The lowest BCUT2D eigenvalue weighted by Crippen LogP contribution is -2.32. The molecule has 1 aliphatic rings. The highest BCUT2D eigenvalue weighted by molar-refractivity contribution is 9.10. The van der Waals surface area contributed by atoms with Crippen molar-refractivity contribution in [2.75, 3.05) is 27.4 Å². The number of methoxy groups -OCH3 is 2. The molecule has 1 heterocycles. The van der Waals surface area contributed by atoms with Crippen LogP contribution in [0.5, 0.6) is 23.0 Å². The third-order valence-corrected chi connectivity index (χ3v) is 6.86. The minimum Gasteiger partial charge on any atom is -0.493 e. The highest BCUT2D eigenvalue weighted by atomic mass is 79.9. The van der Waals surface area contributed by atoms with Gasteiger partial charge >= 0.3 is 0 Å². The van der Waals surface area contributed by atoms with E-state index in [1.54, 1.807) is 49.6 Å². The Morgan fingerprint density at radius 2 is 1.65 bits per heavy atom. The van der Waals surface area contributed by atoms with Crippen molar-refractivity contribution < 1.29 is 32.9 Å². The molecule has 10 heteroatoms. The maximum atomic E-state index is 13.1. The van der Waals surface area contributed by atoms with Crippen LogP contribution in [-0.2, 0) is 11.4 Å². The summed E-state index contributed by atoms with van der Waals surface area (Å²) in [5.74, 6) is 1.29. The van der Waals surface area contributed by atoms with Gasteiger partial charge in [-0.15, -0.1) is 0 Å². The number of carbonyl (C=O) groups is 2. The normalized spacial score (nSPS) is 14.3. The SMILES string of the molecule is COc1ccccc1OCCN1C(=O)S/C(=C\c2cc(Br)c(OCc3ccc(F)cc3)c(OC)c2)C1=O. The molecule has 3 aromatic carbocycles. The molecule has 0 saturated carbocycles. The number of imide groups is 1. The lowest BCUT2D eigenvalue weighted by atomic mass is 10.1. The molecule has 7 nitrogen and oxygen atoms in total. The van der Waals surface area contributed by atoms with Crippen molar-refractivity contribution in [1.82, 2.24) is 4.90 Å². The van der Waals surface area contributed by atoms with E-state index in [0.29, 0.717) is 33.0 Å². The van der Waals surface area contributed by atoms with Crippen molar-refractivity contribution in [3.63, 3.8) is 0 Å². The smallest absolute Gasteiger partial charge is 0.293 e. The first-order chi connectivity index (χ1) is 17.9. The van der Waals surface area contributed by atoms with Gasteiger partial charge in [-0.25, -0.2) is 4.39 Å². The highest BCUT2D eigenvalue weighted by Gasteiger charge is 2.35. The molecule has 0 radical (unpaired) electrons. The van der Waals surface area contributed by atoms with Crippen LogP contribution in [0.15, 0.2) is 70.0 Å². The maximum absolute atomic E-state index is 13.1. The Labute approximate surface area is 226 Å². The first-order valence-corrected chi connectivity index (χ1v) is 12.8. The van der Waals surface area contributed by atoms with Crippen LogP contribution in [0.3, 0.4) is 0 Å². The molecule has 1 saturated heterocycles. The standard InChI is InChI=1S/C27H23BrFNO6S/c1-33-21-5-3-4-6-22(21)35-12-11-30-26(31)24(37-27(30)32)15-18-13-20(28)25(23(14-18)34-2)36-16-17-7-9-19(29)10-8-17/h3-10,13-15H,11-12,16H2,1-2H3/b24-15-. The predicted molar refractivity (Wildman–Crippen MR) is 143 cm³/mol. The molecule has 3 aromatic rings. The molecule has 37 heavy (non-hydrogen) atoms. The first kappa shape index (κ1) is 26.6. The van der Waals surface area contributed by atoms with Gasteiger partial charge in [0.1, 0.15) is 19.0 Å². The van der Waals surface area contributed by atoms with Gasteiger partial charge in [-0.1, -0.05) is 24.3 Å². The van der Waals surface area contributed by atoms with Gasteiger partial charge in [-0.3, -0.25) is 14.5 Å². The summed E-state index contributed by atoms with van der Waals surface area (Å²) in [4.78, 5) is 26.9. The van der Waals surface area contributed by atoms with E-state index in [0.717, 1.165) is 22.2 Å². The molecule has 0 aliphatic carbocycles. The lowest BCUT2D eigenvalue weighted by Gasteiger charge is -2.15. The predicted octanol–water partition coefficient (Wildman–Crippen LogP) is 6.30. The van der Waals surface area contributed by atoms with Gasteiger partial charge in [-0.05, 0) is 81.3 Å². The molecular weight excluding hydrogens is 565 g/mol. The number of halogens is 2. The molecule has 0 atom stereocenters.